The Morgan fingerprint density at radius 2 is 1.87 bits per heavy atom. The Kier molecular flexibility index (Phi) is 5.15. The summed E-state index contributed by atoms with van der Waals surface area (Å²) in [7, 11) is 0. The summed E-state index contributed by atoms with van der Waals surface area (Å²) >= 11 is 0. The number of rotatable bonds is 4. The number of esters is 2. The maximum absolute atomic E-state index is 12.0. The molecule has 0 radical (unpaired) electrons. The fraction of sp³-hybridized carbons (Fsp3) is 0.235. The molecule has 0 amide bonds. The highest BCUT2D eigenvalue weighted by Crippen LogP contribution is 2.35. The fourth-order valence-electron chi connectivity index (χ4n) is 2.06. The quantitative estimate of drug-likeness (QED) is 0.482. The highest BCUT2D eigenvalue weighted by atomic mass is 16.6. The largest absolute Gasteiger partial charge is 0.462 e. The van der Waals surface area contributed by atoms with Crippen LogP contribution in [0.2, 0.25) is 0 Å². The molecule has 0 bridgehead atoms. The Bertz CT molecular complexity index is 740. The molecule has 0 saturated heterocycles. The van der Waals surface area contributed by atoms with Gasteiger partial charge in [0.05, 0.1) is 13.2 Å². The standard InChI is InChI=1S/C17H15NO5/c1-3-21-16(19)13(10-18)12-9-15(17(20)22-4-2)23-14-8-6-5-7-11(12)14/h5-9H,3-4H2,1-2H3. The molecular weight excluding hydrogens is 298 g/mol. The van der Waals surface area contributed by atoms with Gasteiger partial charge >= 0.3 is 11.9 Å². The van der Waals surface area contributed by atoms with E-state index in [1.165, 1.54) is 6.08 Å². The number of carbonyl (C=O) groups is 2. The molecular formula is C17H15NO5. The van der Waals surface area contributed by atoms with Crippen molar-refractivity contribution in [2.45, 2.75) is 13.8 Å². The van der Waals surface area contributed by atoms with E-state index in [1.54, 1.807) is 38.1 Å². The van der Waals surface area contributed by atoms with Crippen molar-refractivity contribution in [3.63, 3.8) is 0 Å². The summed E-state index contributed by atoms with van der Waals surface area (Å²) in [4.78, 5) is 23.9. The van der Waals surface area contributed by atoms with Crippen LogP contribution < -0.4 is 4.74 Å². The second-order valence-corrected chi connectivity index (χ2v) is 4.45. The maximum Gasteiger partial charge on any atom is 0.374 e. The predicted molar refractivity (Wildman–Crippen MR) is 81.0 cm³/mol. The number of allylic oxidation sites excluding steroid dienone is 2. The lowest BCUT2D eigenvalue weighted by Crippen LogP contribution is -2.17. The molecule has 6 nitrogen and oxygen atoms in total. The van der Waals surface area contributed by atoms with Gasteiger partial charge in [0.2, 0.25) is 5.76 Å². The molecule has 0 atom stereocenters. The lowest BCUT2D eigenvalue weighted by molar-refractivity contribution is -0.141. The molecule has 1 aromatic carbocycles. The molecule has 6 heteroatoms. The normalized spacial score (nSPS) is 14.6. The Morgan fingerprint density at radius 3 is 2.52 bits per heavy atom. The molecule has 0 aromatic heterocycles. The van der Waals surface area contributed by atoms with Crippen LogP contribution in [0.5, 0.6) is 5.75 Å². The van der Waals surface area contributed by atoms with Crippen LogP contribution in [0.3, 0.4) is 0 Å². The maximum atomic E-state index is 12.0. The fourth-order valence-corrected chi connectivity index (χ4v) is 2.06. The average molecular weight is 313 g/mol. The van der Waals surface area contributed by atoms with Gasteiger partial charge < -0.3 is 14.2 Å². The smallest absolute Gasteiger partial charge is 0.374 e. The highest BCUT2D eigenvalue weighted by molar-refractivity contribution is 6.06. The minimum atomic E-state index is -0.749. The molecule has 2 rings (SSSR count). The lowest BCUT2D eigenvalue weighted by atomic mass is 9.97. The van der Waals surface area contributed by atoms with E-state index in [2.05, 4.69) is 0 Å². The second-order valence-electron chi connectivity index (χ2n) is 4.45. The third kappa shape index (κ3) is 3.40. The van der Waals surface area contributed by atoms with Gasteiger partial charge in [-0.2, -0.15) is 5.26 Å². The third-order valence-electron chi connectivity index (χ3n) is 3.01. The zero-order valence-corrected chi connectivity index (χ0v) is 12.8. The van der Waals surface area contributed by atoms with Crippen molar-refractivity contribution >= 4 is 17.5 Å². The zero-order valence-electron chi connectivity index (χ0n) is 12.8. The van der Waals surface area contributed by atoms with Crippen LogP contribution in [0.15, 0.2) is 41.7 Å². The monoisotopic (exact) mass is 313 g/mol. The van der Waals surface area contributed by atoms with Gasteiger partial charge in [0.1, 0.15) is 17.4 Å². The minimum Gasteiger partial charge on any atom is -0.462 e. The Morgan fingerprint density at radius 1 is 1.17 bits per heavy atom. The SMILES string of the molecule is CCOC(=O)C1=CC(=C(C#N)C(=O)OCC)c2ccccc2O1. The first-order valence-electron chi connectivity index (χ1n) is 7.09. The van der Waals surface area contributed by atoms with E-state index < -0.39 is 11.9 Å². The number of carbonyl (C=O) groups excluding carboxylic acids is 2. The topological polar surface area (TPSA) is 85.6 Å². The first-order valence-corrected chi connectivity index (χ1v) is 7.09. The summed E-state index contributed by atoms with van der Waals surface area (Å²) in [6.07, 6.45) is 1.33. The Hall–Kier alpha value is -3.07. The first-order chi connectivity index (χ1) is 11.1. The van der Waals surface area contributed by atoms with E-state index in [1.807, 2.05) is 6.07 Å². The van der Waals surface area contributed by atoms with Crippen molar-refractivity contribution < 1.29 is 23.8 Å². The second kappa shape index (κ2) is 7.27. The summed E-state index contributed by atoms with van der Waals surface area (Å²) in [5.41, 5.74) is 0.616. The molecule has 1 aromatic rings. The van der Waals surface area contributed by atoms with Gasteiger partial charge in [-0.15, -0.1) is 0 Å². The number of nitriles is 1. The van der Waals surface area contributed by atoms with Crippen molar-refractivity contribution in [3.05, 3.63) is 47.2 Å². The van der Waals surface area contributed by atoms with Gasteiger partial charge in [0.15, 0.2) is 0 Å². The van der Waals surface area contributed by atoms with Crippen LogP contribution in [-0.2, 0) is 19.1 Å². The van der Waals surface area contributed by atoms with E-state index in [0.29, 0.717) is 11.3 Å². The summed E-state index contributed by atoms with van der Waals surface area (Å²) in [5, 5.41) is 9.33. The summed E-state index contributed by atoms with van der Waals surface area (Å²) in [5.74, 6) is -1.13. The van der Waals surface area contributed by atoms with Crippen LogP contribution in [0.1, 0.15) is 19.4 Å². The molecule has 1 aliphatic heterocycles. The Balaban J connectivity index is 2.60. The zero-order chi connectivity index (χ0) is 16.8. The van der Waals surface area contributed by atoms with Crippen LogP contribution in [0.4, 0.5) is 0 Å². The van der Waals surface area contributed by atoms with E-state index in [-0.39, 0.29) is 30.1 Å². The number of ether oxygens (including phenoxy) is 3. The molecule has 1 aliphatic rings. The number of hydrogen-bond acceptors (Lipinski definition) is 6. The van der Waals surface area contributed by atoms with Gasteiger partial charge in [-0.05, 0) is 26.0 Å². The molecule has 0 unspecified atom stereocenters. The molecule has 0 saturated carbocycles. The van der Waals surface area contributed by atoms with Gasteiger partial charge in [-0.1, -0.05) is 18.2 Å². The molecule has 23 heavy (non-hydrogen) atoms. The third-order valence-corrected chi connectivity index (χ3v) is 3.01. The van der Waals surface area contributed by atoms with Crippen molar-refractivity contribution in [1.29, 1.82) is 5.26 Å². The van der Waals surface area contributed by atoms with Crippen LogP contribution in [-0.4, -0.2) is 25.2 Å². The van der Waals surface area contributed by atoms with Gasteiger partial charge in [-0.3, -0.25) is 0 Å². The molecule has 0 fully saturated rings. The summed E-state index contributed by atoms with van der Waals surface area (Å²) in [6, 6.07) is 8.64. The number of para-hydroxylation sites is 1. The van der Waals surface area contributed by atoms with Gasteiger partial charge in [0.25, 0.3) is 0 Å². The summed E-state index contributed by atoms with van der Waals surface area (Å²) in [6.45, 7) is 3.65. The van der Waals surface area contributed by atoms with Crippen LogP contribution >= 0.6 is 0 Å². The van der Waals surface area contributed by atoms with Crippen LogP contribution in [0.25, 0.3) is 5.57 Å². The average Bonchev–Trinajstić information content (AvgIpc) is 2.55. The van der Waals surface area contributed by atoms with Crippen molar-refractivity contribution in [2.75, 3.05) is 13.2 Å². The molecule has 0 spiro atoms. The van der Waals surface area contributed by atoms with E-state index >= 15 is 0 Å². The molecule has 118 valence electrons. The number of fused-ring (bicyclic) bond motifs is 1. The minimum absolute atomic E-state index is 0.0856. The van der Waals surface area contributed by atoms with Gasteiger partial charge in [0, 0.05) is 11.1 Å². The van der Waals surface area contributed by atoms with Crippen molar-refractivity contribution in [3.8, 4) is 11.8 Å². The number of benzene rings is 1. The van der Waals surface area contributed by atoms with Crippen molar-refractivity contribution in [1.82, 2.24) is 0 Å². The van der Waals surface area contributed by atoms with Crippen LogP contribution in [0, 0.1) is 11.3 Å². The van der Waals surface area contributed by atoms with E-state index in [4.69, 9.17) is 14.2 Å². The Labute approximate surface area is 133 Å². The van der Waals surface area contributed by atoms with Crippen molar-refractivity contribution in [2.24, 2.45) is 0 Å². The number of nitrogens with zero attached hydrogens (tertiary/aromatic N) is 1. The molecule has 0 aliphatic carbocycles. The van der Waals surface area contributed by atoms with E-state index in [9.17, 15) is 14.9 Å². The number of hydrogen-bond donors (Lipinski definition) is 0. The van der Waals surface area contributed by atoms with Gasteiger partial charge in [-0.25, -0.2) is 9.59 Å². The highest BCUT2D eigenvalue weighted by Gasteiger charge is 2.27. The lowest BCUT2D eigenvalue weighted by Gasteiger charge is -2.19. The molecule has 0 N–H and O–H groups in total. The predicted octanol–water partition coefficient (Wildman–Crippen LogP) is 2.37. The first kappa shape index (κ1) is 16.3. The van der Waals surface area contributed by atoms with E-state index in [0.717, 1.165) is 0 Å². The summed E-state index contributed by atoms with van der Waals surface area (Å²) < 4.78 is 15.3. The molecule has 1 heterocycles.